The van der Waals surface area contributed by atoms with Crippen molar-refractivity contribution in [1.82, 2.24) is 10.6 Å². The first-order valence-corrected chi connectivity index (χ1v) is 5.70. The van der Waals surface area contributed by atoms with Crippen LogP contribution in [0.4, 0.5) is 0 Å². The quantitative estimate of drug-likeness (QED) is 0.295. The molecule has 2 N–H and O–H groups in total. The van der Waals surface area contributed by atoms with Gasteiger partial charge in [-0.15, -0.1) is 0 Å². The molecule has 0 spiro atoms. The van der Waals surface area contributed by atoms with Crippen molar-refractivity contribution in [1.29, 1.82) is 5.26 Å². The predicted octanol–water partition coefficient (Wildman–Crippen LogP) is 0.319. The lowest BCUT2D eigenvalue weighted by atomic mass is 10.2. The minimum atomic E-state index is -0.420. The predicted molar refractivity (Wildman–Crippen MR) is 66.2 cm³/mol. The molecule has 0 aliphatic carbocycles. The number of hydrogen-bond acceptors (Lipinski definition) is 5. The second kappa shape index (κ2) is 9.05. The van der Waals surface area contributed by atoms with Gasteiger partial charge in [0.05, 0.1) is 13.5 Å². The summed E-state index contributed by atoms with van der Waals surface area (Å²) < 4.78 is 4.45. The van der Waals surface area contributed by atoms with Gasteiger partial charge in [0.15, 0.2) is 0 Å². The molecule has 0 atom stereocenters. The summed E-state index contributed by atoms with van der Waals surface area (Å²) in [5.41, 5.74) is -0.0134. The van der Waals surface area contributed by atoms with E-state index < -0.39 is 5.91 Å². The van der Waals surface area contributed by atoms with Gasteiger partial charge in [0.2, 0.25) is 0 Å². The molecule has 1 amide bonds. The Morgan fingerprint density at radius 1 is 1.44 bits per heavy atom. The van der Waals surface area contributed by atoms with E-state index in [1.54, 1.807) is 6.07 Å². The average Bonchev–Trinajstić information content (AvgIpc) is 2.35. The molecule has 0 saturated carbocycles. The van der Waals surface area contributed by atoms with Crippen LogP contribution < -0.4 is 10.6 Å². The van der Waals surface area contributed by atoms with Gasteiger partial charge < -0.3 is 15.4 Å². The lowest BCUT2D eigenvalue weighted by Gasteiger charge is -2.06. The number of carbonyl (C=O) groups is 2. The zero-order valence-electron chi connectivity index (χ0n) is 10.9. The van der Waals surface area contributed by atoms with E-state index in [1.165, 1.54) is 13.3 Å². The molecule has 0 saturated heterocycles. The van der Waals surface area contributed by atoms with Crippen LogP contribution in [0.1, 0.15) is 20.3 Å². The number of carbonyl (C=O) groups excluding carboxylic acids is 2. The molecular formula is C12H19N3O3. The van der Waals surface area contributed by atoms with Gasteiger partial charge in [0.25, 0.3) is 5.91 Å². The topological polar surface area (TPSA) is 91.2 Å². The van der Waals surface area contributed by atoms with Crippen molar-refractivity contribution in [3.63, 3.8) is 0 Å². The van der Waals surface area contributed by atoms with Gasteiger partial charge in [-0.25, -0.2) is 0 Å². The summed E-state index contributed by atoms with van der Waals surface area (Å²) in [7, 11) is 1.30. The number of esters is 1. The lowest BCUT2D eigenvalue weighted by Crippen LogP contribution is -2.29. The summed E-state index contributed by atoms with van der Waals surface area (Å²) in [6.07, 6.45) is 1.48. The first-order valence-electron chi connectivity index (χ1n) is 5.70. The van der Waals surface area contributed by atoms with E-state index in [0.29, 0.717) is 19.0 Å². The number of nitrogens with zero attached hydrogens (tertiary/aromatic N) is 1. The number of hydrogen-bond donors (Lipinski definition) is 2. The second-order valence-corrected chi connectivity index (χ2v) is 4.05. The minimum Gasteiger partial charge on any atom is -0.469 e. The van der Waals surface area contributed by atoms with Crippen LogP contribution in [0.5, 0.6) is 0 Å². The molecule has 18 heavy (non-hydrogen) atoms. The fraction of sp³-hybridized carbons (Fsp3) is 0.583. The molecule has 0 fully saturated rings. The van der Waals surface area contributed by atoms with Gasteiger partial charge in [0, 0.05) is 19.3 Å². The fourth-order valence-electron chi connectivity index (χ4n) is 0.991. The monoisotopic (exact) mass is 253 g/mol. The van der Waals surface area contributed by atoms with Crippen molar-refractivity contribution in [2.75, 3.05) is 20.2 Å². The third-order valence-corrected chi connectivity index (χ3v) is 1.98. The van der Waals surface area contributed by atoms with Crippen molar-refractivity contribution in [3.05, 3.63) is 11.8 Å². The zero-order valence-corrected chi connectivity index (χ0v) is 10.9. The Morgan fingerprint density at radius 2 is 2.11 bits per heavy atom. The van der Waals surface area contributed by atoms with E-state index in [0.717, 1.165) is 0 Å². The van der Waals surface area contributed by atoms with Crippen molar-refractivity contribution >= 4 is 11.9 Å². The van der Waals surface area contributed by atoms with Gasteiger partial charge in [-0.3, -0.25) is 9.59 Å². The SMILES string of the molecule is COC(=O)CCN/C=C(/C#N)C(=O)NCC(C)C. The summed E-state index contributed by atoms with van der Waals surface area (Å²) in [5.74, 6) is -0.448. The van der Waals surface area contributed by atoms with Gasteiger partial charge in [-0.2, -0.15) is 5.26 Å². The van der Waals surface area contributed by atoms with E-state index in [-0.39, 0.29) is 18.0 Å². The second-order valence-electron chi connectivity index (χ2n) is 4.05. The number of amides is 1. The Hall–Kier alpha value is -2.03. The van der Waals surface area contributed by atoms with Crippen molar-refractivity contribution < 1.29 is 14.3 Å². The molecule has 0 heterocycles. The highest BCUT2D eigenvalue weighted by Gasteiger charge is 2.08. The summed E-state index contributed by atoms with van der Waals surface area (Å²) in [4.78, 5) is 22.3. The van der Waals surface area contributed by atoms with Crippen LogP contribution in [0.3, 0.4) is 0 Å². The van der Waals surface area contributed by atoms with Gasteiger partial charge in [-0.1, -0.05) is 13.8 Å². The minimum absolute atomic E-state index is 0.0134. The molecule has 6 heteroatoms. The number of nitrogens with one attached hydrogen (secondary N) is 2. The molecule has 6 nitrogen and oxygen atoms in total. The summed E-state index contributed by atoms with van der Waals surface area (Å²) >= 11 is 0. The standard InChI is InChI=1S/C12H19N3O3/c1-9(2)7-15-12(17)10(6-13)8-14-5-4-11(16)18-3/h8-9,14H,4-5,7H2,1-3H3,(H,15,17)/b10-8-. The third-order valence-electron chi connectivity index (χ3n) is 1.98. The maximum atomic E-state index is 11.5. The number of nitriles is 1. The Kier molecular flexibility index (Phi) is 8.03. The maximum Gasteiger partial charge on any atom is 0.307 e. The molecule has 0 bridgehead atoms. The lowest BCUT2D eigenvalue weighted by molar-refractivity contribution is -0.140. The Morgan fingerprint density at radius 3 is 2.61 bits per heavy atom. The first kappa shape index (κ1) is 16.0. The van der Waals surface area contributed by atoms with Crippen LogP contribution in [0.2, 0.25) is 0 Å². The first-order chi connectivity index (χ1) is 8.51. The number of rotatable bonds is 7. The Bertz CT molecular complexity index is 356. The highest BCUT2D eigenvalue weighted by molar-refractivity contribution is 5.97. The van der Waals surface area contributed by atoms with Crippen molar-refractivity contribution in [3.8, 4) is 6.07 Å². The highest BCUT2D eigenvalue weighted by Crippen LogP contribution is 1.93. The molecule has 100 valence electrons. The summed E-state index contributed by atoms with van der Waals surface area (Å²) in [5, 5.41) is 14.2. The third kappa shape index (κ3) is 7.28. The Balaban J connectivity index is 4.12. The van der Waals surface area contributed by atoms with Crippen LogP contribution in [-0.4, -0.2) is 32.1 Å². The van der Waals surface area contributed by atoms with Crippen LogP contribution in [0.15, 0.2) is 11.8 Å². The van der Waals surface area contributed by atoms with Crippen LogP contribution in [0, 0.1) is 17.2 Å². The molecule has 0 aromatic heterocycles. The summed E-state index contributed by atoms with van der Waals surface area (Å²) in [6, 6.07) is 1.80. The van der Waals surface area contributed by atoms with E-state index in [1.807, 2.05) is 13.8 Å². The molecule has 0 aliphatic rings. The van der Waals surface area contributed by atoms with Gasteiger partial charge >= 0.3 is 5.97 Å². The van der Waals surface area contributed by atoms with E-state index in [4.69, 9.17) is 5.26 Å². The van der Waals surface area contributed by atoms with Gasteiger partial charge in [0.1, 0.15) is 11.6 Å². The van der Waals surface area contributed by atoms with E-state index in [2.05, 4.69) is 15.4 Å². The molecule has 0 rings (SSSR count). The van der Waals surface area contributed by atoms with Gasteiger partial charge in [-0.05, 0) is 5.92 Å². The van der Waals surface area contributed by atoms with Crippen molar-refractivity contribution in [2.24, 2.45) is 5.92 Å². The zero-order chi connectivity index (χ0) is 14.0. The average molecular weight is 253 g/mol. The van der Waals surface area contributed by atoms with Crippen LogP contribution >= 0.6 is 0 Å². The molecule has 0 aromatic rings. The molecular weight excluding hydrogens is 234 g/mol. The number of ether oxygens (including phenoxy) is 1. The normalized spacial score (nSPS) is 10.7. The van der Waals surface area contributed by atoms with Crippen LogP contribution in [-0.2, 0) is 14.3 Å². The molecule has 0 aromatic carbocycles. The van der Waals surface area contributed by atoms with E-state index >= 15 is 0 Å². The summed E-state index contributed by atoms with van der Waals surface area (Å²) in [6.45, 7) is 4.75. The number of methoxy groups -OCH3 is 1. The van der Waals surface area contributed by atoms with E-state index in [9.17, 15) is 9.59 Å². The Labute approximate surface area is 107 Å². The molecule has 0 unspecified atom stereocenters. The van der Waals surface area contributed by atoms with Crippen molar-refractivity contribution in [2.45, 2.75) is 20.3 Å². The fourth-order valence-corrected chi connectivity index (χ4v) is 0.991. The largest absolute Gasteiger partial charge is 0.469 e. The highest BCUT2D eigenvalue weighted by atomic mass is 16.5. The van der Waals surface area contributed by atoms with Crippen LogP contribution in [0.25, 0.3) is 0 Å². The molecule has 0 aliphatic heterocycles. The molecule has 0 radical (unpaired) electrons. The maximum absolute atomic E-state index is 11.5. The smallest absolute Gasteiger partial charge is 0.307 e.